The van der Waals surface area contributed by atoms with Crippen LogP contribution in [0.3, 0.4) is 0 Å². The standard InChI is InChI=1S/C20H28N2O2/c1-3-24-22-14-17(19-15(2)8-7-11-18(19)22)20(23)21-13-12-16-9-5-4-6-10-16/h7-8,11,14,16H,3-6,9-10,12-13H2,1-2H3,(H,21,23). The van der Waals surface area contributed by atoms with Crippen LogP contribution in [0.25, 0.3) is 10.9 Å². The van der Waals surface area contributed by atoms with Gasteiger partial charge in [0.2, 0.25) is 0 Å². The Labute approximate surface area is 144 Å². The molecule has 1 aromatic carbocycles. The van der Waals surface area contributed by atoms with Crippen molar-refractivity contribution in [3.05, 3.63) is 35.5 Å². The van der Waals surface area contributed by atoms with E-state index in [9.17, 15) is 4.79 Å². The first-order chi connectivity index (χ1) is 11.7. The second kappa shape index (κ2) is 7.73. The molecule has 24 heavy (non-hydrogen) atoms. The molecule has 0 unspecified atom stereocenters. The summed E-state index contributed by atoms with van der Waals surface area (Å²) in [6.45, 7) is 5.32. The molecular weight excluding hydrogens is 300 g/mol. The van der Waals surface area contributed by atoms with Crippen molar-refractivity contribution in [2.24, 2.45) is 5.92 Å². The predicted molar refractivity (Wildman–Crippen MR) is 97.3 cm³/mol. The van der Waals surface area contributed by atoms with Gasteiger partial charge in [-0.05, 0) is 37.8 Å². The zero-order chi connectivity index (χ0) is 16.9. The highest BCUT2D eigenvalue weighted by Gasteiger charge is 2.18. The Morgan fingerprint density at radius 2 is 2.08 bits per heavy atom. The summed E-state index contributed by atoms with van der Waals surface area (Å²) in [6, 6.07) is 6.03. The molecule has 1 heterocycles. The fourth-order valence-electron chi connectivity index (χ4n) is 3.82. The molecule has 1 N–H and O–H groups in total. The molecule has 3 rings (SSSR count). The Balaban J connectivity index is 1.72. The fourth-order valence-corrected chi connectivity index (χ4v) is 3.82. The van der Waals surface area contributed by atoms with E-state index in [0.717, 1.165) is 35.3 Å². The third kappa shape index (κ3) is 3.58. The molecule has 0 atom stereocenters. The maximum Gasteiger partial charge on any atom is 0.253 e. The summed E-state index contributed by atoms with van der Waals surface area (Å²) < 4.78 is 1.72. The summed E-state index contributed by atoms with van der Waals surface area (Å²) in [7, 11) is 0. The van der Waals surface area contributed by atoms with Gasteiger partial charge in [-0.1, -0.05) is 44.2 Å². The molecule has 1 saturated carbocycles. The monoisotopic (exact) mass is 328 g/mol. The normalized spacial score (nSPS) is 15.6. The fraction of sp³-hybridized carbons (Fsp3) is 0.550. The summed E-state index contributed by atoms with van der Waals surface area (Å²) in [5.41, 5.74) is 2.76. The minimum absolute atomic E-state index is 0.00330. The molecule has 130 valence electrons. The first-order valence-corrected chi connectivity index (χ1v) is 9.23. The Morgan fingerprint density at radius 3 is 2.83 bits per heavy atom. The Kier molecular flexibility index (Phi) is 5.44. The van der Waals surface area contributed by atoms with Gasteiger partial charge in [-0.2, -0.15) is 4.73 Å². The first-order valence-electron chi connectivity index (χ1n) is 9.23. The van der Waals surface area contributed by atoms with E-state index >= 15 is 0 Å². The van der Waals surface area contributed by atoms with Crippen molar-refractivity contribution in [2.45, 2.75) is 52.4 Å². The molecular formula is C20H28N2O2. The predicted octanol–water partition coefficient (Wildman–Crippen LogP) is 4.10. The second-order valence-electron chi connectivity index (χ2n) is 6.80. The lowest BCUT2D eigenvalue weighted by Gasteiger charge is -2.21. The summed E-state index contributed by atoms with van der Waals surface area (Å²) in [4.78, 5) is 18.3. The Morgan fingerprint density at radius 1 is 1.29 bits per heavy atom. The molecule has 1 aliphatic rings. The Bertz CT molecular complexity index is 699. The minimum atomic E-state index is 0.00330. The lowest BCUT2D eigenvalue weighted by molar-refractivity contribution is 0.0946. The number of benzene rings is 1. The van der Waals surface area contributed by atoms with Crippen LogP contribution in [0.2, 0.25) is 0 Å². The van der Waals surface area contributed by atoms with Gasteiger partial charge < -0.3 is 10.2 Å². The zero-order valence-electron chi connectivity index (χ0n) is 14.8. The van der Waals surface area contributed by atoms with Gasteiger partial charge >= 0.3 is 0 Å². The summed E-state index contributed by atoms with van der Waals surface area (Å²) in [6.07, 6.45) is 9.61. The van der Waals surface area contributed by atoms with Crippen LogP contribution in [0.5, 0.6) is 0 Å². The molecule has 2 aromatic rings. The van der Waals surface area contributed by atoms with Crippen molar-refractivity contribution < 1.29 is 9.63 Å². The van der Waals surface area contributed by atoms with Crippen LogP contribution in [0, 0.1) is 12.8 Å². The van der Waals surface area contributed by atoms with Gasteiger partial charge in [-0.3, -0.25) is 4.79 Å². The number of aromatic nitrogens is 1. The quantitative estimate of drug-likeness (QED) is 0.867. The van der Waals surface area contributed by atoms with E-state index in [2.05, 4.69) is 5.32 Å². The number of hydrogen-bond acceptors (Lipinski definition) is 2. The zero-order valence-corrected chi connectivity index (χ0v) is 14.8. The SMILES string of the molecule is CCOn1cc(C(=O)NCCC2CCCCC2)c2c(C)cccc21. The Hall–Kier alpha value is -1.97. The van der Waals surface area contributed by atoms with E-state index in [-0.39, 0.29) is 5.91 Å². The van der Waals surface area contributed by atoms with E-state index in [1.165, 1.54) is 32.1 Å². The van der Waals surface area contributed by atoms with Crippen LogP contribution in [-0.4, -0.2) is 23.8 Å². The maximum absolute atomic E-state index is 12.7. The van der Waals surface area contributed by atoms with Gasteiger partial charge in [-0.25, -0.2) is 0 Å². The molecule has 0 radical (unpaired) electrons. The van der Waals surface area contributed by atoms with E-state index in [1.54, 1.807) is 4.73 Å². The van der Waals surface area contributed by atoms with Gasteiger partial charge in [0.25, 0.3) is 5.91 Å². The smallest absolute Gasteiger partial charge is 0.253 e. The topological polar surface area (TPSA) is 43.3 Å². The van der Waals surface area contributed by atoms with Crippen molar-refractivity contribution in [1.82, 2.24) is 10.0 Å². The van der Waals surface area contributed by atoms with Crippen molar-refractivity contribution in [3.63, 3.8) is 0 Å². The summed E-state index contributed by atoms with van der Waals surface area (Å²) in [5.74, 6) is 0.786. The number of amides is 1. The first kappa shape index (κ1) is 16.9. The van der Waals surface area contributed by atoms with E-state index in [0.29, 0.717) is 12.2 Å². The molecule has 4 heteroatoms. The molecule has 0 aliphatic heterocycles. The summed E-state index contributed by atoms with van der Waals surface area (Å²) in [5, 5.41) is 4.10. The molecule has 0 spiro atoms. The average Bonchev–Trinajstić information content (AvgIpc) is 2.96. The number of hydrogen-bond donors (Lipinski definition) is 1. The number of aryl methyl sites for hydroxylation is 1. The molecule has 0 bridgehead atoms. The highest BCUT2D eigenvalue weighted by molar-refractivity contribution is 6.08. The molecule has 1 amide bonds. The number of nitrogens with zero attached hydrogens (tertiary/aromatic N) is 1. The van der Waals surface area contributed by atoms with Crippen LogP contribution in [0.1, 0.15) is 61.4 Å². The second-order valence-corrected chi connectivity index (χ2v) is 6.80. The van der Waals surface area contributed by atoms with Crippen molar-refractivity contribution in [2.75, 3.05) is 13.2 Å². The highest BCUT2D eigenvalue weighted by atomic mass is 16.7. The van der Waals surface area contributed by atoms with Crippen LogP contribution >= 0.6 is 0 Å². The van der Waals surface area contributed by atoms with Gasteiger partial charge in [0, 0.05) is 11.9 Å². The van der Waals surface area contributed by atoms with Gasteiger partial charge in [0.15, 0.2) is 0 Å². The van der Waals surface area contributed by atoms with Crippen LogP contribution in [-0.2, 0) is 0 Å². The molecule has 1 fully saturated rings. The minimum Gasteiger partial charge on any atom is -0.414 e. The molecule has 0 saturated heterocycles. The third-order valence-corrected chi connectivity index (χ3v) is 5.08. The van der Waals surface area contributed by atoms with Crippen molar-refractivity contribution >= 4 is 16.8 Å². The highest BCUT2D eigenvalue weighted by Crippen LogP contribution is 2.26. The van der Waals surface area contributed by atoms with E-state index < -0.39 is 0 Å². The van der Waals surface area contributed by atoms with Gasteiger partial charge in [0.05, 0.1) is 17.3 Å². The van der Waals surface area contributed by atoms with E-state index in [1.807, 2.05) is 38.2 Å². The van der Waals surface area contributed by atoms with Crippen molar-refractivity contribution in [1.29, 1.82) is 0 Å². The van der Waals surface area contributed by atoms with Crippen LogP contribution in [0.4, 0.5) is 0 Å². The number of nitrogens with one attached hydrogen (secondary N) is 1. The summed E-state index contributed by atoms with van der Waals surface area (Å²) >= 11 is 0. The van der Waals surface area contributed by atoms with Crippen LogP contribution in [0.15, 0.2) is 24.4 Å². The molecule has 1 aromatic heterocycles. The number of rotatable bonds is 6. The van der Waals surface area contributed by atoms with Crippen molar-refractivity contribution in [3.8, 4) is 0 Å². The number of carbonyl (C=O) groups excluding carboxylic acids is 1. The molecule has 4 nitrogen and oxygen atoms in total. The van der Waals surface area contributed by atoms with E-state index in [4.69, 9.17) is 4.84 Å². The maximum atomic E-state index is 12.7. The van der Waals surface area contributed by atoms with Crippen LogP contribution < -0.4 is 10.2 Å². The lowest BCUT2D eigenvalue weighted by Crippen LogP contribution is -2.26. The molecule has 1 aliphatic carbocycles. The third-order valence-electron chi connectivity index (χ3n) is 5.08. The van der Waals surface area contributed by atoms with Gasteiger partial charge in [0.1, 0.15) is 6.61 Å². The number of carbonyl (C=O) groups is 1. The largest absolute Gasteiger partial charge is 0.414 e. The average molecular weight is 328 g/mol. The number of fused-ring (bicyclic) bond motifs is 1. The lowest BCUT2D eigenvalue weighted by atomic mass is 9.87. The van der Waals surface area contributed by atoms with Gasteiger partial charge in [-0.15, -0.1) is 0 Å².